The van der Waals surface area contributed by atoms with Crippen LogP contribution in [-0.4, -0.2) is 16.7 Å². The summed E-state index contributed by atoms with van der Waals surface area (Å²) in [6.07, 6.45) is 0. The largest absolute Gasteiger partial charge is 0.298 e. The number of hydrogen-bond acceptors (Lipinski definition) is 2. The normalized spacial score (nSPS) is 11.1. The molecule has 0 heterocycles. The van der Waals surface area contributed by atoms with Gasteiger partial charge >= 0.3 is 0 Å². The average Bonchev–Trinajstić information content (AvgIpc) is 1.65. The molecule has 0 aliphatic rings. The Morgan fingerprint density at radius 3 is 1.56 bits per heavy atom. The summed E-state index contributed by atoms with van der Waals surface area (Å²) in [5.74, 6) is -1.95. The first-order valence-electron chi connectivity index (χ1n) is 2.29. The molecule has 0 atom stereocenters. The molecule has 0 saturated carbocycles. The smallest absolute Gasteiger partial charge is 0.294 e. The zero-order chi connectivity index (χ0) is 7.65. The predicted octanol–water partition coefficient (Wildman–Crippen LogP) is 1.07. The summed E-state index contributed by atoms with van der Waals surface area (Å²) in [4.78, 5) is 20.4. The maximum atomic E-state index is 12.4. The van der Waals surface area contributed by atoms with Gasteiger partial charge in [0.05, 0.1) is 0 Å². The molecule has 0 aromatic carbocycles. The second-order valence-electron chi connectivity index (χ2n) is 1.69. The molecule has 0 aromatic heterocycles. The van der Waals surface area contributed by atoms with Crippen molar-refractivity contribution in [2.24, 2.45) is 0 Å². The summed E-state index contributed by atoms with van der Waals surface area (Å²) in [5, 5.41) is -2.81. The standard InChI is InChI=1S/C5H6ClFO2/c1-3(8)5(6,7)4(2)9/h1-2H3. The van der Waals surface area contributed by atoms with E-state index in [4.69, 9.17) is 11.6 Å². The second kappa shape index (κ2) is 2.43. The molecule has 0 aromatic rings. The monoisotopic (exact) mass is 152 g/mol. The minimum Gasteiger partial charge on any atom is -0.294 e. The summed E-state index contributed by atoms with van der Waals surface area (Å²) < 4.78 is 12.4. The summed E-state index contributed by atoms with van der Waals surface area (Å²) >= 11 is 4.84. The molecule has 9 heavy (non-hydrogen) atoms. The van der Waals surface area contributed by atoms with Gasteiger partial charge in [-0.25, -0.2) is 4.39 Å². The van der Waals surface area contributed by atoms with Crippen molar-refractivity contribution >= 4 is 23.2 Å². The molecular weight excluding hydrogens is 147 g/mol. The molecule has 0 saturated heterocycles. The third-order valence-corrected chi connectivity index (χ3v) is 1.42. The van der Waals surface area contributed by atoms with Crippen molar-refractivity contribution in [2.75, 3.05) is 0 Å². The first kappa shape index (κ1) is 8.56. The number of carbonyl (C=O) groups excluding carboxylic acids is 2. The van der Waals surface area contributed by atoms with Gasteiger partial charge in [0.25, 0.3) is 5.13 Å². The Labute approximate surface area is 57.0 Å². The first-order valence-corrected chi connectivity index (χ1v) is 2.66. The van der Waals surface area contributed by atoms with Gasteiger partial charge in [0.15, 0.2) is 11.6 Å². The molecule has 0 aliphatic heterocycles. The highest BCUT2D eigenvalue weighted by molar-refractivity contribution is 6.44. The fourth-order valence-electron chi connectivity index (χ4n) is 0.248. The van der Waals surface area contributed by atoms with Crippen LogP contribution in [0.5, 0.6) is 0 Å². The molecule has 0 spiro atoms. The minimum absolute atomic E-state index is 0.925. The number of Topliss-reactive ketones (excluding diaryl/α,β-unsaturated/α-hetero) is 2. The van der Waals surface area contributed by atoms with E-state index in [1.54, 1.807) is 0 Å². The first-order chi connectivity index (χ1) is 3.89. The molecule has 2 nitrogen and oxygen atoms in total. The van der Waals surface area contributed by atoms with E-state index >= 15 is 0 Å². The van der Waals surface area contributed by atoms with Gasteiger partial charge in [0, 0.05) is 0 Å². The summed E-state index contributed by atoms with van der Waals surface area (Å²) in [5.41, 5.74) is 0. The van der Waals surface area contributed by atoms with Gasteiger partial charge in [-0.1, -0.05) is 11.6 Å². The Morgan fingerprint density at radius 1 is 1.33 bits per heavy atom. The minimum atomic E-state index is -2.81. The number of carbonyl (C=O) groups is 2. The molecule has 0 amide bonds. The van der Waals surface area contributed by atoms with E-state index in [0.29, 0.717) is 0 Å². The van der Waals surface area contributed by atoms with Crippen molar-refractivity contribution in [1.29, 1.82) is 0 Å². The molecule has 0 aliphatic carbocycles. The van der Waals surface area contributed by atoms with Crippen LogP contribution in [0.15, 0.2) is 0 Å². The van der Waals surface area contributed by atoms with Crippen LogP contribution >= 0.6 is 11.6 Å². The Morgan fingerprint density at radius 2 is 1.56 bits per heavy atom. The fourth-order valence-corrected chi connectivity index (χ4v) is 0.248. The Hall–Kier alpha value is -0.440. The fraction of sp³-hybridized carbons (Fsp3) is 0.600. The van der Waals surface area contributed by atoms with Crippen LogP contribution in [0.4, 0.5) is 4.39 Å². The Kier molecular flexibility index (Phi) is 2.32. The van der Waals surface area contributed by atoms with Crippen LogP contribution < -0.4 is 0 Å². The lowest BCUT2D eigenvalue weighted by atomic mass is 10.2. The molecule has 0 radical (unpaired) electrons. The van der Waals surface area contributed by atoms with Gasteiger partial charge < -0.3 is 0 Å². The highest BCUT2D eigenvalue weighted by Gasteiger charge is 2.37. The van der Waals surface area contributed by atoms with Gasteiger partial charge in [0.1, 0.15) is 0 Å². The molecule has 0 bridgehead atoms. The third-order valence-electron chi connectivity index (χ3n) is 0.884. The van der Waals surface area contributed by atoms with Crippen molar-refractivity contribution in [3.63, 3.8) is 0 Å². The maximum Gasteiger partial charge on any atom is 0.298 e. The molecule has 0 rings (SSSR count). The van der Waals surface area contributed by atoms with Crippen LogP contribution in [0, 0.1) is 0 Å². The van der Waals surface area contributed by atoms with Gasteiger partial charge in [-0.3, -0.25) is 9.59 Å². The molecule has 0 fully saturated rings. The number of alkyl halides is 2. The van der Waals surface area contributed by atoms with Crippen molar-refractivity contribution in [1.82, 2.24) is 0 Å². The van der Waals surface area contributed by atoms with E-state index < -0.39 is 16.7 Å². The topological polar surface area (TPSA) is 34.1 Å². The van der Waals surface area contributed by atoms with E-state index in [0.717, 1.165) is 13.8 Å². The lowest BCUT2D eigenvalue weighted by molar-refractivity contribution is -0.134. The van der Waals surface area contributed by atoms with Gasteiger partial charge in [0.2, 0.25) is 0 Å². The number of ketones is 2. The molecule has 0 N–H and O–H groups in total. The summed E-state index contributed by atoms with van der Waals surface area (Å²) in [6.45, 7) is 1.85. The number of hydrogen-bond donors (Lipinski definition) is 0. The molecule has 0 unspecified atom stereocenters. The quantitative estimate of drug-likeness (QED) is 0.438. The van der Waals surface area contributed by atoms with Crippen molar-refractivity contribution in [3.05, 3.63) is 0 Å². The average molecular weight is 153 g/mol. The summed E-state index contributed by atoms with van der Waals surface area (Å²) in [7, 11) is 0. The van der Waals surface area contributed by atoms with Crippen LogP contribution in [0.3, 0.4) is 0 Å². The zero-order valence-corrected chi connectivity index (χ0v) is 5.83. The van der Waals surface area contributed by atoms with Crippen LogP contribution in [-0.2, 0) is 9.59 Å². The lowest BCUT2D eigenvalue weighted by Gasteiger charge is -2.07. The maximum absolute atomic E-state index is 12.4. The predicted molar refractivity (Wildman–Crippen MR) is 31.1 cm³/mol. The lowest BCUT2D eigenvalue weighted by Crippen LogP contribution is -2.32. The van der Waals surface area contributed by atoms with Crippen molar-refractivity contribution in [3.8, 4) is 0 Å². The van der Waals surface area contributed by atoms with Gasteiger partial charge in [-0.2, -0.15) is 0 Å². The molecule has 4 heteroatoms. The van der Waals surface area contributed by atoms with E-state index in [2.05, 4.69) is 0 Å². The Bertz CT molecular complexity index is 137. The van der Waals surface area contributed by atoms with Gasteiger partial charge in [-0.15, -0.1) is 0 Å². The third kappa shape index (κ3) is 1.75. The second-order valence-corrected chi connectivity index (χ2v) is 2.21. The number of halogens is 2. The van der Waals surface area contributed by atoms with Gasteiger partial charge in [-0.05, 0) is 13.8 Å². The molecular formula is C5H6ClFO2. The van der Waals surface area contributed by atoms with E-state index in [-0.39, 0.29) is 0 Å². The van der Waals surface area contributed by atoms with E-state index in [9.17, 15) is 14.0 Å². The van der Waals surface area contributed by atoms with Crippen LogP contribution in [0.25, 0.3) is 0 Å². The van der Waals surface area contributed by atoms with Crippen molar-refractivity contribution < 1.29 is 14.0 Å². The highest BCUT2D eigenvalue weighted by Crippen LogP contribution is 2.18. The van der Waals surface area contributed by atoms with E-state index in [1.165, 1.54) is 0 Å². The number of rotatable bonds is 2. The Balaban J connectivity index is 4.38. The summed E-state index contributed by atoms with van der Waals surface area (Å²) in [6, 6.07) is 0. The SMILES string of the molecule is CC(=O)C(F)(Cl)C(C)=O. The van der Waals surface area contributed by atoms with Crippen LogP contribution in [0.1, 0.15) is 13.8 Å². The van der Waals surface area contributed by atoms with Crippen LogP contribution in [0.2, 0.25) is 0 Å². The zero-order valence-electron chi connectivity index (χ0n) is 5.07. The van der Waals surface area contributed by atoms with Crippen molar-refractivity contribution in [2.45, 2.75) is 19.0 Å². The van der Waals surface area contributed by atoms with E-state index in [1.807, 2.05) is 0 Å². The highest BCUT2D eigenvalue weighted by atomic mass is 35.5. The molecule has 52 valence electrons.